The van der Waals surface area contributed by atoms with E-state index in [4.69, 9.17) is 0 Å². The van der Waals surface area contributed by atoms with Gasteiger partial charge in [0.25, 0.3) is 5.91 Å². The molecule has 1 aliphatic rings. The molecule has 2 aromatic carbocycles. The van der Waals surface area contributed by atoms with Crippen LogP contribution in [-0.2, 0) is 6.42 Å². The molecule has 0 saturated heterocycles. The van der Waals surface area contributed by atoms with Gasteiger partial charge in [-0.25, -0.2) is 0 Å². The van der Waals surface area contributed by atoms with Gasteiger partial charge in [0.2, 0.25) is 0 Å². The highest BCUT2D eigenvalue weighted by Crippen LogP contribution is 2.26. The molecule has 0 bridgehead atoms. The van der Waals surface area contributed by atoms with Crippen molar-refractivity contribution < 1.29 is 4.79 Å². The van der Waals surface area contributed by atoms with Crippen LogP contribution in [0.25, 0.3) is 10.9 Å². The number of hydrogen-bond donors (Lipinski definition) is 2. The van der Waals surface area contributed by atoms with E-state index in [9.17, 15) is 4.79 Å². The van der Waals surface area contributed by atoms with Crippen molar-refractivity contribution in [2.75, 3.05) is 0 Å². The van der Waals surface area contributed by atoms with E-state index in [-0.39, 0.29) is 5.91 Å². The molecule has 3 heteroatoms. The number of amides is 1. The van der Waals surface area contributed by atoms with Crippen molar-refractivity contribution in [3.05, 3.63) is 83.2 Å². The molecule has 3 nitrogen and oxygen atoms in total. The average molecular weight is 330 g/mol. The molecule has 0 aliphatic heterocycles. The molecule has 25 heavy (non-hydrogen) atoms. The summed E-state index contributed by atoms with van der Waals surface area (Å²) in [5.74, 6) is -0.0321. The number of rotatable bonds is 4. The number of aromatic amines is 1. The molecule has 126 valence electrons. The molecule has 1 aromatic heterocycles. The maximum atomic E-state index is 12.9. The first-order valence-corrected chi connectivity index (χ1v) is 8.95. The molecule has 2 N–H and O–H groups in total. The highest BCUT2D eigenvalue weighted by Gasteiger charge is 2.19. The second-order valence-corrected chi connectivity index (χ2v) is 6.62. The zero-order valence-electron chi connectivity index (χ0n) is 14.2. The quantitative estimate of drug-likeness (QED) is 0.699. The van der Waals surface area contributed by atoms with Gasteiger partial charge in [-0.1, -0.05) is 54.6 Å². The van der Waals surface area contributed by atoms with Crippen LogP contribution in [0.4, 0.5) is 0 Å². The van der Waals surface area contributed by atoms with Gasteiger partial charge in [-0.05, 0) is 42.9 Å². The summed E-state index contributed by atoms with van der Waals surface area (Å²) < 4.78 is 0. The summed E-state index contributed by atoms with van der Waals surface area (Å²) in [6, 6.07) is 18.4. The van der Waals surface area contributed by atoms with Crippen molar-refractivity contribution in [3.63, 3.8) is 0 Å². The molecular formula is C22H22N2O. The van der Waals surface area contributed by atoms with E-state index in [1.54, 1.807) is 0 Å². The Morgan fingerprint density at radius 3 is 2.60 bits per heavy atom. The average Bonchev–Trinajstić information content (AvgIpc) is 3.02. The third kappa shape index (κ3) is 3.36. The Morgan fingerprint density at radius 1 is 1.00 bits per heavy atom. The number of aromatic nitrogens is 1. The van der Waals surface area contributed by atoms with E-state index in [2.05, 4.69) is 34.6 Å². The van der Waals surface area contributed by atoms with Gasteiger partial charge < -0.3 is 10.3 Å². The first-order chi connectivity index (χ1) is 12.3. The third-order valence-corrected chi connectivity index (χ3v) is 4.83. The van der Waals surface area contributed by atoms with Gasteiger partial charge in [0, 0.05) is 23.0 Å². The standard InChI is InChI=1S/C22H22N2O/c25-22(23-17-11-5-2-6-12-17)21-19(15-16-9-3-1-4-10-16)18-13-7-8-14-20(18)24-21/h1,3-4,7-11,13-14,24H,2,5-6,12,15H2,(H,23,25). The molecule has 0 radical (unpaired) electrons. The fraction of sp³-hybridized carbons (Fsp3) is 0.227. The van der Waals surface area contributed by atoms with Crippen molar-refractivity contribution in [1.82, 2.24) is 10.3 Å². The molecule has 0 atom stereocenters. The smallest absolute Gasteiger partial charge is 0.272 e. The molecular weight excluding hydrogens is 308 g/mol. The molecule has 1 amide bonds. The van der Waals surface area contributed by atoms with Crippen LogP contribution in [0.3, 0.4) is 0 Å². The van der Waals surface area contributed by atoms with E-state index < -0.39 is 0 Å². The predicted octanol–water partition coefficient (Wildman–Crippen LogP) is 4.95. The topological polar surface area (TPSA) is 44.9 Å². The SMILES string of the molecule is O=C(NC1=CCCCC1)c1[nH]c2ccccc2c1Cc1ccccc1. The minimum Gasteiger partial charge on any atom is -0.350 e. The molecule has 1 aliphatic carbocycles. The van der Waals surface area contributed by atoms with E-state index in [1.165, 1.54) is 12.0 Å². The molecule has 0 spiro atoms. The Balaban J connectivity index is 1.70. The lowest BCUT2D eigenvalue weighted by atomic mass is 10.0. The number of H-pyrrole nitrogens is 1. The maximum Gasteiger partial charge on any atom is 0.272 e. The molecule has 0 unspecified atom stereocenters. The lowest BCUT2D eigenvalue weighted by molar-refractivity contribution is 0.0959. The van der Waals surface area contributed by atoms with Crippen molar-refractivity contribution in [3.8, 4) is 0 Å². The number of fused-ring (bicyclic) bond motifs is 1. The van der Waals surface area contributed by atoms with E-state index >= 15 is 0 Å². The van der Waals surface area contributed by atoms with Crippen LogP contribution < -0.4 is 5.32 Å². The largest absolute Gasteiger partial charge is 0.350 e. The lowest BCUT2D eigenvalue weighted by Crippen LogP contribution is -2.25. The molecule has 0 fully saturated rings. The van der Waals surface area contributed by atoms with Gasteiger partial charge in [0.15, 0.2) is 0 Å². The van der Waals surface area contributed by atoms with Gasteiger partial charge in [-0.2, -0.15) is 0 Å². The highest BCUT2D eigenvalue weighted by atomic mass is 16.1. The summed E-state index contributed by atoms with van der Waals surface area (Å²) in [7, 11) is 0. The summed E-state index contributed by atoms with van der Waals surface area (Å²) in [4.78, 5) is 16.2. The van der Waals surface area contributed by atoms with Crippen LogP contribution in [0.1, 0.15) is 47.3 Å². The zero-order chi connectivity index (χ0) is 17.1. The van der Waals surface area contributed by atoms with E-state index in [1.807, 2.05) is 36.4 Å². The number of benzene rings is 2. The predicted molar refractivity (Wildman–Crippen MR) is 102 cm³/mol. The van der Waals surface area contributed by atoms with Crippen LogP contribution in [0.5, 0.6) is 0 Å². The van der Waals surface area contributed by atoms with Crippen LogP contribution in [0.2, 0.25) is 0 Å². The number of allylic oxidation sites excluding steroid dienone is 2. The fourth-order valence-corrected chi connectivity index (χ4v) is 3.54. The Hall–Kier alpha value is -2.81. The number of nitrogens with one attached hydrogen (secondary N) is 2. The van der Waals surface area contributed by atoms with E-state index in [0.717, 1.165) is 47.8 Å². The van der Waals surface area contributed by atoms with Crippen LogP contribution in [0.15, 0.2) is 66.4 Å². The highest BCUT2D eigenvalue weighted by molar-refractivity contribution is 6.01. The van der Waals surface area contributed by atoms with E-state index in [0.29, 0.717) is 5.69 Å². The normalized spacial score (nSPS) is 14.3. The monoisotopic (exact) mass is 330 g/mol. The number of hydrogen-bond acceptors (Lipinski definition) is 1. The first kappa shape index (κ1) is 15.7. The van der Waals surface area contributed by atoms with Gasteiger partial charge in [-0.15, -0.1) is 0 Å². The van der Waals surface area contributed by atoms with Crippen LogP contribution in [-0.4, -0.2) is 10.9 Å². The summed E-state index contributed by atoms with van der Waals surface area (Å²) in [6.45, 7) is 0. The third-order valence-electron chi connectivity index (χ3n) is 4.83. The van der Waals surface area contributed by atoms with Crippen LogP contribution in [0, 0.1) is 0 Å². The second kappa shape index (κ2) is 6.98. The molecule has 1 heterocycles. The Kier molecular flexibility index (Phi) is 4.38. The zero-order valence-corrected chi connectivity index (χ0v) is 14.2. The summed E-state index contributed by atoms with van der Waals surface area (Å²) in [5, 5.41) is 4.23. The van der Waals surface area contributed by atoms with Crippen molar-refractivity contribution in [1.29, 1.82) is 0 Å². The second-order valence-electron chi connectivity index (χ2n) is 6.62. The lowest BCUT2D eigenvalue weighted by Gasteiger charge is -2.14. The molecule has 3 aromatic rings. The summed E-state index contributed by atoms with van der Waals surface area (Å²) in [5.41, 5.74) is 5.02. The van der Waals surface area contributed by atoms with Crippen molar-refractivity contribution in [2.45, 2.75) is 32.1 Å². The van der Waals surface area contributed by atoms with Gasteiger partial charge in [0.1, 0.15) is 5.69 Å². The summed E-state index contributed by atoms with van der Waals surface area (Å²) >= 11 is 0. The molecule has 0 saturated carbocycles. The minimum atomic E-state index is -0.0321. The van der Waals surface area contributed by atoms with Gasteiger partial charge in [0.05, 0.1) is 0 Å². The Morgan fingerprint density at radius 2 is 1.80 bits per heavy atom. The Bertz CT molecular complexity index is 922. The number of para-hydroxylation sites is 1. The maximum absolute atomic E-state index is 12.9. The molecule has 4 rings (SSSR count). The fourth-order valence-electron chi connectivity index (χ4n) is 3.54. The van der Waals surface area contributed by atoms with Gasteiger partial charge in [-0.3, -0.25) is 4.79 Å². The minimum absolute atomic E-state index is 0.0321. The number of carbonyl (C=O) groups is 1. The van der Waals surface area contributed by atoms with Crippen molar-refractivity contribution in [2.24, 2.45) is 0 Å². The summed E-state index contributed by atoms with van der Waals surface area (Å²) in [6.07, 6.45) is 7.27. The van der Waals surface area contributed by atoms with Crippen LogP contribution >= 0.6 is 0 Å². The first-order valence-electron chi connectivity index (χ1n) is 8.95. The van der Waals surface area contributed by atoms with Gasteiger partial charge >= 0.3 is 0 Å². The Labute approximate surface area is 147 Å². The number of carbonyl (C=O) groups excluding carboxylic acids is 1. The van der Waals surface area contributed by atoms with Crippen molar-refractivity contribution >= 4 is 16.8 Å².